The summed E-state index contributed by atoms with van der Waals surface area (Å²) in [7, 11) is 0. The maximum atomic E-state index is 14.2. The molecule has 1 amide bonds. The van der Waals surface area contributed by atoms with E-state index in [9.17, 15) is 14.4 Å². The highest BCUT2D eigenvalue weighted by molar-refractivity contribution is 6.31. The minimum absolute atomic E-state index is 0.0515. The van der Waals surface area contributed by atoms with Gasteiger partial charge in [-0.3, -0.25) is 19.4 Å². The lowest BCUT2D eigenvalue weighted by molar-refractivity contribution is -0.138. The van der Waals surface area contributed by atoms with Crippen molar-refractivity contribution in [2.45, 2.75) is 25.4 Å². The van der Waals surface area contributed by atoms with Crippen molar-refractivity contribution in [1.29, 1.82) is 0 Å². The van der Waals surface area contributed by atoms with Crippen LogP contribution < -0.4 is 0 Å². The molecule has 3 aliphatic rings. The van der Waals surface area contributed by atoms with E-state index in [0.717, 1.165) is 16.7 Å². The number of hydrogen-bond acceptors (Lipinski definition) is 4. The monoisotopic (exact) mass is 422 g/mol. The van der Waals surface area contributed by atoms with Crippen molar-refractivity contribution < 1.29 is 14.4 Å². The fourth-order valence-electron chi connectivity index (χ4n) is 5.85. The van der Waals surface area contributed by atoms with E-state index < -0.39 is 17.5 Å². The number of hydrogen-bond donors (Lipinski definition) is 0. The van der Waals surface area contributed by atoms with Crippen LogP contribution in [0.4, 0.5) is 0 Å². The van der Waals surface area contributed by atoms with E-state index in [-0.39, 0.29) is 17.5 Å². The van der Waals surface area contributed by atoms with Crippen molar-refractivity contribution in [2.24, 2.45) is 5.41 Å². The van der Waals surface area contributed by atoms with E-state index >= 15 is 0 Å². The molecule has 5 nitrogen and oxygen atoms in total. The van der Waals surface area contributed by atoms with Gasteiger partial charge in [0.1, 0.15) is 5.41 Å². The normalized spacial score (nSPS) is 23.8. The minimum Gasteiger partial charge on any atom is -0.293 e. The number of Topliss-reactive ketones (excluding diaryl/α,β-unsaturated/α-hetero) is 2. The standard InChI is InChI=1S/C27H22N2O3/c1-17-11-13-19(14-12-17)23-27(25(31)20-9-5-6-10-21(20)26(27)32)24(18-7-3-2-4-8-18)29-22(30)15-16-28(23)29/h2-14,23-24H,15-16H2,1H3/t23-,24+/m0/s1. The summed E-state index contributed by atoms with van der Waals surface area (Å²) in [4.78, 5) is 41.6. The molecule has 1 spiro atoms. The molecule has 3 aromatic rings. The predicted octanol–water partition coefficient (Wildman–Crippen LogP) is 4.31. The second kappa shape index (κ2) is 6.71. The van der Waals surface area contributed by atoms with Crippen LogP contribution in [0.2, 0.25) is 0 Å². The maximum Gasteiger partial charge on any atom is 0.238 e. The van der Waals surface area contributed by atoms with Crippen LogP contribution in [0.15, 0.2) is 78.9 Å². The Labute approximate surface area is 186 Å². The topological polar surface area (TPSA) is 57.7 Å². The number of hydrazine groups is 1. The van der Waals surface area contributed by atoms with Gasteiger partial charge >= 0.3 is 0 Å². The molecule has 2 heterocycles. The molecule has 6 rings (SSSR count). The fourth-order valence-corrected chi connectivity index (χ4v) is 5.85. The second-order valence-corrected chi connectivity index (χ2v) is 8.85. The van der Waals surface area contributed by atoms with Crippen LogP contribution in [0.1, 0.15) is 55.9 Å². The molecule has 158 valence electrons. The van der Waals surface area contributed by atoms with E-state index in [2.05, 4.69) is 0 Å². The highest BCUT2D eigenvalue weighted by Gasteiger charge is 2.72. The summed E-state index contributed by atoms with van der Waals surface area (Å²) >= 11 is 0. The van der Waals surface area contributed by atoms with Gasteiger partial charge in [0.2, 0.25) is 5.91 Å². The Bertz CT molecular complexity index is 1230. The van der Waals surface area contributed by atoms with Gasteiger partial charge in [-0.05, 0) is 18.1 Å². The Morgan fingerprint density at radius 1 is 0.719 bits per heavy atom. The lowest BCUT2D eigenvalue weighted by Gasteiger charge is -2.34. The second-order valence-electron chi connectivity index (χ2n) is 8.85. The number of aryl methyl sites for hydroxylation is 1. The number of nitrogens with zero attached hydrogens (tertiary/aromatic N) is 2. The molecule has 32 heavy (non-hydrogen) atoms. The summed E-state index contributed by atoms with van der Waals surface area (Å²) in [6, 6.07) is 23.3. The summed E-state index contributed by atoms with van der Waals surface area (Å²) < 4.78 is 0. The quantitative estimate of drug-likeness (QED) is 0.578. The molecular weight excluding hydrogens is 400 g/mol. The Balaban J connectivity index is 1.67. The van der Waals surface area contributed by atoms with Crippen molar-refractivity contribution in [2.75, 3.05) is 6.54 Å². The van der Waals surface area contributed by atoms with Gasteiger partial charge in [-0.1, -0.05) is 84.4 Å². The van der Waals surface area contributed by atoms with Crippen LogP contribution in [0.3, 0.4) is 0 Å². The molecule has 0 saturated carbocycles. The number of amides is 1. The van der Waals surface area contributed by atoms with Gasteiger partial charge in [0.15, 0.2) is 11.6 Å². The molecule has 1 aliphatic carbocycles. The predicted molar refractivity (Wildman–Crippen MR) is 119 cm³/mol. The average Bonchev–Trinajstić information content (AvgIpc) is 3.41. The lowest BCUT2D eigenvalue weighted by atomic mass is 9.66. The van der Waals surface area contributed by atoms with Crippen molar-refractivity contribution >= 4 is 17.5 Å². The summed E-state index contributed by atoms with van der Waals surface area (Å²) in [6.45, 7) is 2.49. The Hall–Kier alpha value is -3.57. The molecule has 0 aromatic heterocycles. The molecule has 5 heteroatoms. The van der Waals surface area contributed by atoms with Crippen molar-refractivity contribution in [3.63, 3.8) is 0 Å². The van der Waals surface area contributed by atoms with Gasteiger partial charge in [0.05, 0.1) is 12.1 Å². The van der Waals surface area contributed by atoms with Crippen LogP contribution in [0.25, 0.3) is 0 Å². The van der Waals surface area contributed by atoms with E-state index in [1.54, 1.807) is 29.3 Å². The molecule has 2 saturated heterocycles. The first-order valence-electron chi connectivity index (χ1n) is 10.9. The van der Waals surface area contributed by atoms with Gasteiger partial charge in [-0.15, -0.1) is 0 Å². The van der Waals surface area contributed by atoms with Gasteiger partial charge in [-0.2, -0.15) is 0 Å². The zero-order valence-corrected chi connectivity index (χ0v) is 17.7. The number of fused-ring (bicyclic) bond motifs is 2. The van der Waals surface area contributed by atoms with Crippen molar-refractivity contribution in [1.82, 2.24) is 10.0 Å². The van der Waals surface area contributed by atoms with Gasteiger partial charge < -0.3 is 0 Å². The van der Waals surface area contributed by atoms with Crippen LogP contribution in [0.5, 0.6) is 0 Å². The van der Waals surface area contributed by atoms with Crippen LogP contribution in [-0.4, -0.2) is 34.0 Å². The third-order valence-electron chi connectivity index (χ3n) is 7.17. The summed E-state index contributed by atoms with van der Waals surface area (Å²) in [6.07, 6.45) is 0.372. The SMILES string of the molecule is Cc1ccc([C@@H]2N3CCC(=O)N3[C@H](c3ccccc3)C23C(=O)c2ccccc2C3=O)cc1. The number of ketones is 2. The summed E-state index contributed by atoms with van der Waals surface area (Å²) in [5.74, 6) is -0.441. The smallest absolute Gasteiger partial charge is 0.238 e. The molecule has 0 radical (unpaired) electrons. The molecule has 0 N–H and O–H groups in total. The molecule has 2 atom stereocenters. The molecule has 0 unspecified atom stereocenters. The minimum atomic E-state index is -1.42. The molecule has 0 bridgehead atoms. The Morgan fingerprint density at radius 3 is 1.91 bits per heavy atom. The number of carbonyl (C=O) groups excluding carboxylic acids is 3. The highest BCUT2D eigenvalue weighted by atomic mass is 16.2. The van der Waals surface area contributed by atoms with Gasteiger partial charge in [0.25, 0.3) is 0 Å². The van der Waals surface area contributed by atoms with Crippen LogP contribution >= 0.6 is 0 Å². The van der Waals surface area contributed by atoms with Gasteiger partial charge in [-0.25, -0.2) is 5.01 Å². The largest absolute Gasteiger partial charge is 0.293 e. The van der Waals surface area contributed by atoms with Gasteiger partial charge in [0, 0.05) is 24.1 Å². The van der Waals surface area contributed by atoms with E-state index in [0.29, 0.717) is 24.1 Å². The van der Waals surface area contributed by atoms with E-state index in [4.69, 9.17) is 0 Å². The van der Waals surface area contributed by atoms with Crippen molar-refractivity contribution in [3.8, 4) is 0 Å². The Morgan fingerprint density at radius 2 is 1.28 bits per heavy atom. The van der Waals surface area contributed by atoms with E-state index in [1.165, 1.54) is 0 Å². The van der Waals surface area contributed by atoms with Crippen molar-refractivity contribution in [3.05, 3.63) is 107 Å². The molecular formula is C27H22N2O3. The fraction of sp³-hybridized carbons (Fsp3) is 0.222. The first-order chi connectivity index (χ1) is 15.5. The first kappa shape index (κ1) is 19.1. The number of carbonyl (C=O) groups is 3. The highest BCUT2D eigenvalue weighted by Crippen LogP contribution is 2.63. The third kappa shape index (κ3) is 2.29. The first-order valence-corrected chi connectivity index (χ1v) is 10.9. The maximum absolute atomic E-state index is 14.2. The zero-order valence-electron chi connectivity index (χ0n) is 17.7. The molecule has 2 fully saturated rings. The van der Waals surface area contributed by atoms with Crippen LogP contribution in [0, 0.1) is 12.3 Å². The van der Waals surface area contributed by atoms with E-state index in [1.807, 2.05) is 66.5 Å². The number of benzene rings is 3. The summed E-state index contributed by atoms with van der Waals surface area (Å²) in [5, 5.41) is 3.66. The molecule has 3 aromatic carbocycles. The third-order valence-corrected chi connectivity index (χ3v) is 7.17. The zero-order chi connectivity index (χ0) is 22.0. The lowest BCUT2D eigenvalue weighted by Crippen LogP contribution is -2.44. The average molecular weight is 422 g/mol. The van der Waals surface area contributed by atoms with Crippen LogP contribution in [-0.2, 0) is 4.79 Å². The Kier molecular flexibility index (Phi) is 4.01. The number of rotatable bonds is 2. The molecule has 2 aliphatic heterocycles. The summed E-state index contributed by atoms with van der Waals surface area (Å²) in [5.41, 5.74) is 2.26.